The molecule has 4 aromatic rings. The van der Waals surface area contributed by atoms with Gasteiger partial charge in [-0.1, -0.05) is 6.07 Å². The van der Waals surface area contributed by atoms with Gasteiger partial charge >= 0.3 is 0 Å². The van der Waals surface area contributed by atoms with Crippen LogP contribution in [0, 0.1) is 11.3 Å². The van der Waals surface area contributed by atoms with Crippen molar-refractivity contribution >= 4 is 23.0 Å². The van der Waals surface area contributed by atoms with E-state index in [2.05, 4.69) is 20.6 Å². The molecule has 4 rings (SSSR count). The second kappa shape index (κ2) is 8.24. The number of anilines is 1. The van der Waals surface area contributed by atoms with Gasteiger partial charge in [0.15, 0.2) is 5.69 Å². The van der Waals surface area contributed by atoms with E-state index in [0.717, 1.165) is 5.56 Å². The van der Waals surface area contributed by atoms with E-state index in [4.69, 9.17) is 5.26 Å². The monoisotopic (exact) mass is 396 g/mol. The van der Waals surface area contributed by atoms with E-state index >= 15 is 0 Å². The van der Waals surface area contributed by atoms with Gasteiger partial charge in [0.05, 0.1) is 17.1 Å². The number of hydrogen-bond acceptors (Lipinski definition) is 5. The summed E-state index contributed by atoms with van der Waals surface area (Å²) in [6, 6.07) is 17.4. The number of aromatic nitrogens is 3. The molecule has 0 bridgehead atoms. The molecule has 0 fully saturated rings. The number of carbonyl (C=O) groups is 2. The molecule has 0 atom stereocenters. The number of benzene rings is 1. The van der Waals surface area contributed by atoms with E-state index in [9.17, 15) is 9.59 Å². The number of rotatable bonds is 5. The number of nitrogens with one attached hydrogen (secondary N) is 2. The summed E-state index contributed by atoms with van der Waals surface area (Å²) in [5, 5.41) is 14.4. The Morgan fingerprint density at radius 3 is 2.50 bits per heavy atom. The lowest BCUT2D eigenvalue weighted by Crippen LogP contribution is -2.23. The highest BCUT2D eigenvalue weighted by Gasteiger charge is 2.21. The standard InChI is InChI=1S/C22H16N6O2/c23-13-15-4-6-17(7-5-15)26-22(30)20-27-19(18-3-1-2-12-28(18)20)21(29)25-14-16-8-10-24-11-9-16/h1-12H,14H2,(H,25,29)(H,26,30). The third-order valence-electron chi connectivity index (χ3n) is 4.44. The third-order valence-corrected chi connectivity index (χ3v) is 4.44. The van der Waals surface area contributed by atoms with Gasteiger partial charge in [-0.05, 0) is 54.1 Å². The van der Waals surface area contributed by atoms with Gasteiger partial charge in [0, 0.05) is 30.8 Å². The minimum Gasteiger partial charge on any atom is -0.347 e. The van der Waals surface area contributed by atoms with Gasteiger partial charge in [0.1, 0.15) is 0 Å². The van der Waals surface area contributed by atoms with Gasteiger partial charge in [0.25, 0.3) is 11.8 Å². The molecule has 0 radical (unpaired) electrons. The Balaban J connectivity index is 1.59. The molecule has 0 spiro atoms. The van der Waals surface area contributed by atoms with E-state index < -0.39 is 5.91 Å². The Morgan fingerprint density at radius 2 is 1.77 bits per heavy atom. The average molecular weight is 396 g/mol. The van der Waals surface area contributed by atoms with Gasteiger partial charge in [0.2, 0.25) is 5.82 Å². The molecule has 0 saturated carbocycles. The summed E-state index contributed by atoms with van der Waals surface area (Å²) in [5.41, 5.74) is 2.60. The molecule has 0 aliphatic heterocycles. The van der Waals surface area contributed by atoms with E-state index in [1.54, 1.807) is 65.5 Å². The van der Waals surface area contributed by atoms with Crippen LogP contribution in [0.4, 0.5) is 5.69 Å². The van der Waals surface area contributed by atoms with Gasteiger partial charge in [-0.25, -0.2) is 4.98 Å². The number of pyridine rings is 2. The molecule has 3 heterocycles. The molecule has 146 valence electrons. The van der Waals surface area contributed by atoms with Crippen molar-refractivity contribution in [2.24, 2.45) is 0 Å². The van der Waals surface area contributed by atoms with Crippen LogP contribution < -0.4 is 10.6 Å². The fraction of sp³-hybridized carbons (Fsp3) is 0.0455. The van der Waals surface area contributed by atoms with Crippen LogP contribution in [0.5, 0.6) is 0 Å². The first kappa shape index (κ1) is 18.8. The van der Waals surface area contributed by atoms with E-state index in [-0.39, 0.29) is 17.4 Å². The van der Waals surface area contributed by atoms with E-state index in [1.807, 2.05) is 18.2 Å². The Morgan fingerprint density at radius 1 is 1.00 bits per heavy atom. The van der Waals surface area contributed by atoms with Crippen LogP contribution in [0.3, 0.4) is 0 Å². The predicted molar refractivity (Wildman–Crippen MR) is 110 cm³/mol. The summed E-state index contributed by atoms with van der Waals surface area (Å²) in [6.45, 7) is 0.319. The third kappa shape index (κ3) is 3.86. The van der Waals surface area contributed by atoms with Crippen molar-refractivity contribution in [1.29, 1.82) is 5.26 Å². The number of imidazole rings is 1. The summed E-state index contributed by atoms with van der Waals surface area (Å²) >= 11 is 0. The normalized spacial score (nSPS) is 10.4. The van der Waals surface area contributed by atoms with Crippen molar-refractivity contribution in [1.82, 2.24) is 19.7 Å². The van der Waals surface area contributed by atoms with E-state index in [1.165, 1.54) is 0 Å². The Labute approximate surface area is 171 Å². The summed E-state index contributed by atoms with van der Waals surface area (Å²) in [7, 11) is 0. The molecule has 1 aromatic carbocycles. The summed E-state index contributed by atoms with van der Waals surface area (Å²) in [5.74, 6) is -0.758. The highest BCUT2D eigenvalue weighted by molar-refractivity contribution is 6.06. The second-order valence-electron chi connectivity index (χ2n) is 6.42. The minimum atomic E-state index is -0.464. The van der Waals surface area contributed by atoms with Crippen LogP contribution in [-0.2, 0) is 6.54 Å². The van der Waals surface area contributed by atoms with Crippen molar-refractivity contribution in [3.05, 3.63) is 95.8 Å². The number of amides is 2. The topological polar surface area (TPSA) is 112 Å². The maximum atomic E-state index is 12.8. The summed E-state index contributed by atoms with van der Waals surface area (Å²) in [4.78, 5) is 33.8. The first-order valence-corrected chi connectivity index (χ1v) is 9.11. The van der Waals surface area contributed by atoms with Crippen LogP contribution in [-0.4, -0.2) is 26.2 Å². The maximum absolute atomic E-state index is 12.8. The fourth-order valence-electron chi connectivity index (χ4n) is 2.95. The molecule has 2 N–H and O–H groups in total. The highest BCUT2D eigenvalue weighted by atomic mass is 16.2. The van der Waals surface area contributed by atoms with Gasteiger partial charge in [-0.15, -0.1) is 0 Å². The molecular formula is C22H16N6O2. The Bertz CT molecular complexity index is 1260. The van der Waals surface area contributed by atoms with Crippen molar-refractivity contribution in [2.75, 3.05) is 5.32 Å². The number of hydrogen-bond donors (Lipinski definition) is 2. The van der Waals surface area contributed by atoms with Crippen LogP contribution in [0.15, 0.2) is 73.2 Å². The van der Waals surface area contributed by atoms with E-state index in [0.29, 0.717) is 23.3 Å². The van der Waals surface area contributed by atoms with Crippen LogP contribution in [0.2, 0.25) is 0 Å². The summed E-state index contributed by atoms with van der Waals surface area (Å²) < 4.78 is 1.57. The Hall–Kier alpha value is -4.51. The molecule has 0 saturated heterocycles. The Kier molecular flexibility index (Phi) is 5.17. The number of carbonyl (C=O) groups excluding carboxylic acids is 2. The fourth-order valence-corrected chi connectivity index (χ4v) is 2.95. The summed E-state index contributed by atoms with van der Waals surface area (Å²) in [6.07, 6.45) is 4.98. The molecule has 8 heteroatoms. The molecule has 0 unspecified atom stereocenters. The highest BCUT2D eigenvalue weighted by Crippen LogP contribution is 2.16. The zero-order valence-corrected chi connectivity index (χ0v) is 15.7. The van der Waals surface area contributed by atoms with Crippen molar-refractivity contribution < 1.29 is 9.59 Å². The lowest BCUT2D eigenvalue weighted by atomic mass is 10.2. The molecule has 0 aliphatic carbocycles. The van der Waals surface area contributed by atoms with Gasteiger partial charge in [-0.3, -0.25) is 19.0 Å². The number of nitriles is 1. The lowest BCUT2D eigenvalue weighted by Gasteiger charge is -2.04. The lowest BCUT2D eigenvalue weighted by molar-refractivity contribution is 0.0948. The molecule has 30 heavy (non-hydrogen) atoms. The average Bonchev–Trinajstić information content (AvgIpc) is 3.19. The zero-order valence-electron chi connectivity index (χ0n) is 15.7. The largest absolute Gasteiger partial charge is 0.347 e. The quantitative estimate of drug-likeness (QED) is 0.539. The zero-order chi connectivity index (χ0) is 20.9. The SMILES string of the molecule is N#Cc1ccc(NC(=O)c2nc(C(=O)NCc3ccncc3)c3ccccn23)cc1. The minimum absolute atomic E-state index is 0.0871. The molecule has 0 aliphatic rings. The number of nitrogens with zero attached hydrogens (tertiary/aromatic N) is 4. The molecule has 8 nitrogen and oxygen atoms in total. The second-order valence-corrected chi connectivity index (χ2v) is 6.42. The van der Waals surface area contributed by atoms with Gasteiger partial charge < -0.3 is 10.6 Å². The van der Waals surface area contributed by atoms with Crippen LogP contribution in [0.25, 0.3) is 5.52 Å². The first-order valence-electron chi connectivity index (χ1n) is 9.11. The van der Waals surface area contributed by atoms with Crippen molar-refractivity contribution in [3.63, 3.8) is 0 Å². The predicted octanol–water partition coefficient (Wildman–Crippen LogP) is 2.78. The van der Waals surface area contributed by atoms with Crippen molar-refractivity contribution in [2.45, 2.75) is 6.54 Å². The van der Waals surface area contributed by atoms with Crippen LogP contribution in [0.1, 0.15) is 32.2 Å². The number of fused-ring (bicyclic) bond motifs is 1. The van der Waals surface area contributed by atoms with Crippen molar-refractivity contribution in [3.8, 4) is 6.07 Å². The van der Waals surface area contributed by atoms with Crippen LogP contribution >= 0.6 is 0 Å². The van der Waals surface area contributed by atoms with Gasteiger partial charge in [-0.2, -0.15) is 5.26 Å². The molecule has 3 aromatic heterocycles. The molecule has 2 amide bonds. The maximum Gasteiger partial charge on any atom is 0.292 e. The smallest absolute Gasteiger partial charge is 0.292 e. The first-order chi connectivity index (χ1) is 14.7. The molecular weight excluding hydrogens is 380 g/mol.